The number of benzene rings is 3. The molecule has 0 radical (unpaired) electrons. The van der Waals surface area contributed by atoms with Crippen LogP contribution in [0, 0.1) is 0 Å². The number of ether oxygens (including phenoxy) is 3. The maximum Gasteiger partial charge on any atom is 0.243 e. The van der Waals surface area contributed by atoms with Gasteiger partial charge in [0.1, 0.15) is 18.1 Å². The molecule has 0 spiro atoms. The molecule has 0 unspecified atom stereocenters. The monoisotopic (exact) mass is 448 g/mol. The summed E-state index contributed by atoms with van der Waals surface area (Å²) in [5, 5.41) is 6.08. The number of para-hydroxylation sites is 4. The van der Waals surface area contributed by atoms with E-state index in [4.69, 9.17) is 14.2 Å². The second-order valence-electron chi connectivity index (χ2n) is 7.38. The quantitative estimate of drug-likeness (QED) is 0.333. The van der Waals surface area contributed by atoms with Crippen LogP contribution in [0.3, 0.4) is 0 Å². The Morgan fingerprint density at radius 2 is 1.39 bits per heavy atom. The highest BCUT2D eigenvalue weighted by Gasteiger charge is 2.09. The van der Waals surface area contributed by atoms with Gasteiger partial charge in [-0.25, -0.2) is 0 Å². The van der Waals surface area contributed by atoms with Crippen molar-refractivity contribution < 1.29 is 19.0 Å². The van der Waals surface area contributed by atoms with Gasteiger partial charge in [0.25, 0.3) is 0 Å². The zero-order chi connectivity index (χ0) is 23.1. The van der Waals surface area contributed by atoms with Crippen molar-refractivity contribution in [3.63, 3.8) is 0 Å². The number of anilines is 2. The van der Waals surface area contributed by atoms with Crippen molar-refractivity contribution in [2.45, 2.75) is 19.8 Å². The molecule has 174 valence electrons. The van der Waals surface area contributed by atoms with Gasteiger partial charge in [-0.05, 0) is 49.6 Å². The van der Waals surface area contributed by atoms with E-state index in [-0.39, 0.29) is 12.5 Å². The maximum atomic E-state index is 12.5. The van der Waals surface area contributed by atoms with Crippen LogP contribution in [-0.4, -0.2) is 38.9 Å². The second-order valence-corrected chi connectivity index (χ2v) is 7.38. The van der Waals surface area contributed by atoms with Crippen molar-refractivity contribution in [3.8, 4) is 11.5 Å². The minimum absolute atomic E-state index is 0.109. The summed E-state index contributed by atoms with van der Waals surface area (Å²) >= 11 is 0. The number of carbonyl (C=O) groups excluding carboxylic acids is 1. The Balaban J connectivity index is 1.46. The lowest BCUT2D eigenvalue weighted by molar-refractivity contribution is -0.114. The van der Waals surface area contributed by atoms with Crippen molar-refractivity contribution >= 4 is 17.3 Å². The van der Waals surface area contributed by atoms with Crippen LogP contribution in [0.4, 0.5) is 11.4 Å². The third kappa shape index (κ3) is 8.50. The van der Waals surface area contributed by atoms with Gasteiger partial charge in [0.15, 0.2) is 0 Å². The smallest absolute Gasteiger partial charge is 0.243 e. The maximum absolute atomic E-state index is 12.5. The second kappa shape index (κ2) is 13.8. The van der Waals surface area contributed by atoms with Crippen molar-refractivity contribution in [1.82, 2.24) is 0 Å². The Labute approximate surface area is 195 Å². The summed E-state index contributed by atoms with van der Waals surface area (Å²) in [4.78, 5) is 12.5. The van der Waals surface area contributed by atoms with Crippen molar-refractivity contribution in [2.24, 2.45) is 0 Å². The molecule has 0 aliphatic heterocycles. The molecule has 3 aromatic carbocycles. The average molecular weight is 449 g/mol. The summed E-state index contributed by atoms with van der Waals surface area (Å²) in [7, 11) is 0. The Hall–Kier alpha value is -3.51. The van der Waals surface area contributed by atoms with Gasteiger partial charge in [-0.2, -0.15) is 0 Å². The van der Waals surface area contributed by atoms with E-state index in [9.17, 15) is 4.79 Å². The third-order valence-corrected chi connectivity index (χ3v) is 4.89. The lowest BCUT2D eigenvalue weighted by atomic mass is 10.1. The number of nitrogens with one attached hydrogen (secondary N) is 2. The van der Waals surface area contributed by atoms with Crippen LogP contribution < -0.4 is 20.1 Å². The fourth-order valence-corrected chi connectivity index (χ4v) is 3.26. The molecule has 6 heteroatoms. The normalized spacial score (nSPS) is 10.5. The van der Waals surface area contributed by atoms with Crippen LogP contribution in [0.2, 0.25) is 0 Å². The fourth-order valence-electron chi connectivity index (χ4n) is 3.26. The highest BCUT2D eigenvalue weighted by molar-refractivity contribution is 5.95. The van der Waals surface area contributed by atoms with E-state index in [0.717, 1.165) is 24.3 Å². The SMILES string of the molecule is CCOCCOc1ccccc1NC(=O)CNc1ccccc1OCCCc1ccccc1. The van der Waals surface area contributed by atoms with Gasteiger partial charge < -0.3 is 24.8 Å². The first kappa shape index (κ1) is 24.1. The van der Waals surface area contributed by atoms with Crippen molar-refractivity contribution in [3.05, 3.63) is 84.4 Å². The number of amides is 1. The molecule has 1 amide bonds. The van der Waals surface area contributed by atoms with Gasteiger partial charge in [-0.1, -0.05) is 54.6 Å². The van der Waals surface area contributed by atoms with Crippen LogP contribution in [0.1, 0.15) is 18.9 Å². The van der Waals surface area contributed by atoms with Gasteiger partial charge in [-0.3, -0.25) is 4.79 Å². The molecule has 0 aromatic heterocycles. The van der Waals surface area contributed by atoms with E-state index in [0.29, 0.717) is 37.9 Å². The van der Waals surface area contributed by atoms with E-state index in [1.165, 1.54) is 5.56 Å². The molecule has 33 heavy (non-hydrogen) atoms. The van der Waals surface area contributed by atoms with Crippen LogP contribution in [0.15, 0.2) is 78.9 Å². The lowest BCUT2D eigenvalue weighted by Gasteiger charge is -2.15. The van der Waals surface area contributed by atoms with Gasteiger partial charge in [0, 0.05) is 6.61 Å². The summed E-state index contributed by atoms with van der Waals surface area (Å²) in [5.41, 5.74) is 2.71. The van der Waals surface area contributed by atoms with Crippen molar-refractivity contribution in [1.29, 1.82) is 0 Å². The number of carbonyl (C=O) groups is 1. The predicted octanol–water partition coefficient (Wildman–Crippen LogP) is 5.16. The molecule has 0 saturated carbocycles. The first-order chi connectivity index (χ1) is 16.3. The molecule has 0 aliphatic rings. The number of aryl methyl sites for hydroxylation is 1. The summed E-state index contributed by atoms with van der Waals surface area (Å²) in [5.74, 6) is 1.18. The third-order valence-electron chi connectivity index (χ3n) is 4.89. The number of hydrogen-bond acceptors (Lipinski definition) is 5. The molecule has 6 nitrogen and oxygen atoms in total. The Kier molecular flexibility index (Phi) is 10.1. The number of rotatable bonds is 14. The van der Waals surface area contributed by atoms with Crippen LogP contribution in [-0.2, 0) is 16.0 Å². The van der Waals surface area contributed by atoms with Crippen LogP contribution in [0.25, 0.3) is 0 Å². The van der Waals surface area contributed by atoms with E-state index in [2.05, 4.69) is 22.8 Å². The standard InChI is InChI=1S/C27H32N2O4/c1-2-31-19-20-33-26-17-9-7-15-24(26)29-27(30)21-28-23-14-6-8-16-25(23)32-18-10-13-22-11-4-3-5-12-22/h3-9,11-12,14-17,28H,2,10,13,18-21H2,1H3,(H,29,30). The van der Waals surface area contributed by atoms with E-state index in [1.807, 2.05) is 73.7 Å². The van der Waals surface area contributed by atoms with Gasteiger partial charge >= 0.3 is 0 Å². The van der Waals surface area contributed by atoms with Crippen LogP contribution in [0.5, 0.6) is 11.5 Å². The summed E-state index contributed by atoms with van der Waals surface area (Å²) < 4.78 is 17.0. The summed E-state index contributed by atoms with van der Waals surface area (Å²) in [6.07, 6.45) is 1.88. The van der Waals surface area contributed by atoms with Gasteiger partial charge in [0.2, 0.25) is 5.91 Å². The molecule has 0 heterocycles. The van der Waals surface area contributed by atoms with E-state index < -0.39 is 0 Å². The molecule has 3 aromatic rings. The molecule has 0 atom stereocenters. The Bertz CT molecular complexity index is 979. The average Bonchev–Trinajstić information content (AvgIpc) is 2.85. The minimum Gasteiger partial charge on any atom is -0.491 e. The van der Waals surface area contributed by atoms with Gasteiger partial charge in [0.05, 0.1) is 31.1 Å². The first-order valence-electron chi connectivity index (χ1n) is 11.4. The Morgan fingerprint density at radius 3 is 2.15 bits per heavy atom. The van der Waals surface area contributed by atoms with Crippen molar-refractivity contribution in [2.75, 3.05) is 43.6 Å². The zero-order valence-electron chi connectivity index (χ0n) is 19.1. The lowest BCUT2D eigenvalue weighted by Crippen LogP contribution is -2.22. The zero-order valence-corrected chi connectivity index (χ0v) is 19.1. The molecule has 0 bridgehead atoms. The predicted molar refractivity (Wildman–Crippen MR) is 132 cm³/mol. The number of hydrogen-bond donors (Lipinski definition) is 2. The topological polar surface area (TPSA) is 68.8 Å². The molecular formula is C27H32N2O4. The summed E-state index contributed by atoms with van der Waals surface area (Å²) in [6.45, 7) is 4.22. The highest BCUT2D eigenvalue weighted by Crippen LogP contribution is 2.25. The molecule has 0 saturated heterocycles. The largest absolute Gasteiger partial charge is 0.491 e. The van der Waals surface area contributed by atoms with Crippen LogP contribution >= 0.6 is 0 Å². The van der Waals surface area contributed by atoms with Gasteiger partial charge in [-0.15, -0.1) is 0 Å². The first-order valence-corrected chi connectivity index (χ1v) is 11.4. The van der Waals surface area contributed by atoms with E-state index >= 15 is 0 Å². The van der Waals surface area contributed by atoms with E-state index in [1.54, 1.807) is 0 Å². The highest BCUT2D eigenvalue weighted by atomic mass is 16.5. The molecule has 0 aliphatic carbocycles. The Morgan fingerprint density at radius 1 is 0.758 bits per heavy atom. The fraction of sp³-hybridized carbons (Fsp3) is 0.296. The molecule has 0 fully saturated rings. The minimum atomic E-state index is -0.172. The molecule has 2 N–H and O–H groups in total. The summed E-state index contributed by atoms with van der Waals surface area (Å²) in [6, 6.07) is 25.4. The molecular weight excluding hydrogens is 416 g/mol. The molecule has 3 rings (SSSR count).